The molecular formula is C35H20N4S. The molecule has 5 heteroatoms. The van der Waals surface area contributed by atoms with Crippen molar-refractivity contribution in [2.24, 2.45) is 0 Å². The highest BCUT2D eigenvalue weighted by atomic mass is 32.1. The van der Waals surface area contributed by atoms with Crippen LogP contribution in [-0.2, 0) is 0 Å². The van der Waals surface area contributed by atoms with Gasteiger partial charge in [-0.05, 0) is 18.2 Å². The average molecular weight is 529 g/mol. The molecule has 0 N–H and O–H groups in total. The first kappa shape index (κ1) is 22.7. The molecule has 3 aromatic heterocycles. The third kappa shape index (κ3) is 3.30. The minimum Gasteiger partial charge on any atom is -0.292 e. The van der Waals surface area contributed by atoms with Crippen LogP contribution in [0.3, 0.4) is 0 Å². The van der Waals surface area contributed by atoms with Gasteiger partial charge in [-0.25, -0.2) is 9.97 Å². The first-order valence-electron chi connectivity index (χ1n) is 13.1. The summed E-state index contributed by atoms with van der Waals surface area (Å²) in [6.07, 6.45) is 0. The average Bonchev–Trinajstić information content (AvgIpc) is 3.57. The van der Waals surface area contributed by atoms with Crippen molar-refractivity contribution in [2.75, 3.05) is 0 Å². The molecule has 0 amide bonds. The van der Waals surface area contributed by atoms with Crippen LogP contribution >= 0.6 is 11.3 Å². The maximum Gasteiger partial charge on any atom is 0.162 e. The van der Waals surface area contributed by atoms with E-state index in [4.69, 9.17) is 9.97 Å². The quantitative estimate of drug-likeness (QED) is 0.230. The minimum atomic E-state index is 0.449. The van der Waals surface area contributed by atoms with Gasteiger partial charge in [0.25, 0.3) is 0 Å². The molecule has 0 aliphatic rings. The molecule has 0 spiro atoms. The Balaban J connectivity index is 1.54. The SMILES string of the molecule is N#Cc1c(-c2ccccc2)nc(-c2ccccc2)nc1-n1c2ccccc2c2c3sc4ccccc4c3ccc21. The van der Waals surface area contributed by atoms with Crippen LogP contribution in [0.2, 0.25) is 0 Å². The Morgan fingerprint density at radius 2 is 1.27 bits per heavy atom. The highest BCUT2D eigenvalue weighted by Crippen LogP contribution is 2.43. The van der Waals surface area contributed by atoms with Crippen molar-refractivity contribution in [3.63, 3.8) is 0 Å². The van der Waals surface area contributed by atoms with E-state index in [0.717, 1.165) is 27.5 Å². The van der Waals surface area contributed by atoms with Gasteiger partial charge < -0.3 is 0 Å². The lowest BCUT2D eigenvalue weighted by Crippen LogP contribution is -2.07. The van der Waals surface area contributed by atoms with Gasteiger partial charge in [0.05, 0.1) is 16.7 Å². The van der Waals surface area contributed by atoms with Crippen LogP contribution in [0.25, 0.3) is 70.4 Å². The summed E-state index contributed by atoms with van der Waals surface area (Å²) in [6, 6.07) is 43.7. The summed E-state index contributed by atoms with van der Waals surface area (Å²) >= 11 is 1.81. The zero-order valence-electron chi connectivity index (χ0n) is 21.2. The van der Waals surface area contributed by atoms with Crippen LogP contribution in [0.4, 0.5) is 0 Å². The lowest BCUT2D eigenvalue weighted by molar-refractivity contribution is 1.04. The van der Waals surface area contributed by atoms with E-state index in [9.17, 15) is 5.26 Å². The van der Waals surface area contributed by atoms with Crippen LogP contribution in [0, 0.1) is 11.3 Å². The Labute approximate surface area is 234 Å². The fourth-order valence-electron chi connectivity index (χ4n) is 5.70. The summed E-state index contributed by atoms with van der Waals surface area (Å²) in [4.78, 5) is 10.0. The van der Waals surface area contributed by atoms with Crippen molar-refractivity contribution in [3.05, 3.63) is 127 Å². The number of nitriles is 1. The van der Waals surface area contributed by atoms with Crippen molar-refractivity contribution in [3.8, 4) is 34.5 Å². The molecule has 0 saturated heterocycles. The number of aromatic nitrogens is 3. The molecule has 5 aromatic carbocycles. The number of hydrogen-bond acceptors (Lipinski definition) is 4. The predicted molar refractivity (Wildman–Crippen MR) is 165 cm³/mol. The maximum atomic E-state index is 10.6. The minimum absolute atomic E-state index is 0.449. The van der Waals surface area contributed by atoms with Gasteiger partial charge in [-0.2, -0.15) is 5.26 Å². The standard InChI is InChI=1S/C35H20N4S/c36-21-27-32(22-11-3-1-4-12-22)37-34(23-13-5-2-6-14-23)38-35(27)39-28-17-9-7-16-26(28)31-29(39)20-19-25-24-15-8-10-18-30(24)40-33(25)31/h1-20H. The molecule has 0 unspecified atom stereocenters. The summed E-state index contributed by atoms with van der Waals surface area (Å²) in [5, 5.41) is 15.4. The van der Waals surface area contributed by atoms with Crippen molar-refractivity contribution in [1.29, 1.82) is 5.26 Å². The number of hydrogen-bond donors (Lipinski definition) is 0. The highest BCUT2D eigenvalue weighted by Gasteiger charge is 2.23. The lowest BCUT2D eigenvalue weighted by atomic mass is 10.1. The van der Waals surface area contributed by atoms with E-state index in [2.05, 4.69) is 65.2 Å². The van der Waals surface area contributed by atoms with Gasteiger partial charge in [-0.3, -0.25) is 4.57 Å². The first-order chi connectivity index (χ1) is 19.8. The van der Waals surface area contributed by atoms with Crippen molar-refractivity contribution >= 4 is 53.3 Å². The Kier molecular flexibility index (Phi) is 5.03. The maximum absolute atomic E-state index is 10.6. The topological polar surface area (TPSA) is 54.5 Å². The molecule has 186 valence electrons. The molecule has 0 atom stereocenters. The number of benzene rings is 5. The zero-order valence-corrected chi connectivity index (χ0v) is 22.1. The van der Waals surface area contributed by atoms with E-state index in [-0.39, 0.29) is 0 Å². The second-order valence-corrected chi connectivity index (χ2v) is 10.8. The summed E-state index contributed by atoms with van der Waals surface area (Å²) in [6.45, 7) is 0. The normalized spacial score (nSPS) is 11.5. The molecule has 8 aromatic rings. The number of fused-ring (bicyclic) bond motifs is 7. The second-order valence-electron chi connectivity index (χ2n) is 9.73. The number of rotatable bonds is 3. The third-order valence-corrected chi connectivity index (χ3v) is 8.68. The Morgan fingerprint density at radius 1 is 0.600 bits per heavy atom. The van der Waals surface area contributed by atoms with E-state index in [1.54, 1.807) is 0 Å². The molecule has 40 heavy (non-hydrogen) atoms. The van der Waals surface area contributed by atoms with Gasteiger partial charge in [0.1, 0.15) is 11.6 Å². The molecule has 4 nitrogen and oxygen atoms in total. The molecule has 0 fully saturated rings. The van der Waals surface area contributed by atoms with Gasteiger partial charge in [-0.1, -0.05) is 103 Å². The Bertz CT molecular complexity index is 2270. The summed E-state index contributed by atoms with van der Waals surface area (Å²) < 4.78 is 4.65. The molecular weight excluding hydrogens is 508 g/mol. The van der Waals surface area contributed by atoms with Crippen LogP contribution < -0.4 is 0 Å². The highest BCUT2D eigenvalue weighted by molar-refractivity contribution is 7.26. The summed E-state index contributed by atoms with van der Waals surface area (Å²) in [5.41, 5.74) is 4.89. The Hall–Kier alpha value is -5.31. The van der Waals surface area contributed by atoms with E-state index in [1.807, 2.05) is 78.1 Å². The number of nitrogens with zero attached hydrogens (tertiary/aromatic N) is 4. The second kappa shape index (κ2) is 8.88. The molecule has 0 radical (unpaired) electrons. The van der Waals surface area contributed by atoms with Crippen LogP contribution in [0.5, 0.6) is 0 Å². The van der Waals surface area contributed by atoms with Gasteiger partial charge in [0.2, 0.25) is 0 Å². The molecule has 0 saturated carbocycles. The number of para-hydroxylation sites is 1. The summed E-state index contributed by atoms with van der Waals surface area (Å²) in [7, 11) is 0. The van der Waals surface area contributed by atoms with E-state index < -0.39 is 0 Å². The van der Waals surface area contributed by atoms with E-state index >= 15 is 0 Å². The van der Waals surface area contributed by atoms with E-state index in [1.165, 1.54) is 25.6 Å². The lowest BCUT2D eigenvalue weighted by Gasteiger charge is -2.14. The third-order valence-electron chi connectivity index (χ3n) is 7.47. The van der Waals surface area contributed by atoms with Crippen molar-refractivity contribution in [2.45, 2.75) is 0 Å². The zero-order chi connectivity index (χ0) is 26.6. The van der Waals surface area contributed by atoms with Crippen LogP contribution in [0.15, 0.2) is 121 Å². The fourth-order valence-corrected chi connectivity index (χ4v) is 6.96. The van der Waals surface area contributed by atoms with Gasteiger partial charge in [0.15, 0.2) is 11.6 Å². The Morgan fingerprint density at radius 3 is 2.05 bits per heavy atom. The molecule has 0 bridgehead atoms. The van der Waals surface area contributed by atoms with E-state index in [0.29, 0.717) is 22.9 Å². The van der Waals surface area contributed by atoms with Crippen LogP contribution in [0.1, 0.15) is 5.56 Å². The van der Waals surface area contributed by atoms with Gasteiger partial charge in [-0.15, -0.1) is 11.3 Å². The van der Waals surface area contributed by atoms with Gasteiger partial charge >= 0.3 is 0 Å². The van der Waals surface area contributed by atoms with Crippen molar-refractivity contribution in [1.82, 2.24) is 14.5 Å². The molecule has 0 aliphatic carbocycles. The smallest absolute Gasteiger partial charge is 0.162 e. The molecule has 8 rings (SSSR count). The van der Waals surface area contributed by atoms with Crippen LogP contribution in [-0.4, -0.2) is 14.5 Å². The van der Waals surface area contributed by atoms with Crippen molar-refractivity contribution < 1.29 is 0 Å². The largest absolute Gasteiger partial charge is 0.292 e. The summed E-state index contributed by atoms with van der Waals surface area (Å²) in [5.74, 6) is 1.17. The fraction of sp³-hybridized carbons (Fsp3) is 0. The predicted octanol–water partition coefficient (Wildman–Crippen LogP) is 9.15. The first-order valence-corrected chi connectivity index (χ1v) is 13.9. The number of thiophene rings is 1. The monoisotopic (exact) mass is 528 g/mol. The molecule has 0 aliphatic heterocycles. The van der Waals surface area contributed by atoms with Gasteiger partial charge in [0, 0.05) is 42.1 Å². The molecule has 3 heterocycles.